The predicted octanol–water partition coefficient (Wildman–Crippen LogP) is 3.64. The molecule has 0 saturated heterocycles. The summed E-state index contributed by atoms with van der Waals surface area (Å²) in [7, 11) is 0. The summed E-state index contributed by atoms with van der Waals surface area (Å²) in [6, 6.07) is 8.27. The maximum Gasteiger partial charge on any atom is 0.135 e. The van der Waals surface area contributed by atoms with E-state index >= 15 is 0 Å². The van der Waals surface area contributed by atoms with Crippen molar-refractivity contribution in [3.8, 4) is 0 Å². The molecule has 14 heavy (non-hydrogen) atoms. The molecule has 70 valence electrons. The minimum atomic E-state index is 0.628. The summed E-state index contributed by atoms with van der Waals surface area (Å²) in [5.41, 5.74) is 2.38. The van der Waals surface area contributed by atoms with E-state index in [1.165, 1.54) is 10.9 Å². The van der Waals surface area contributed by atoms with Crippen LogP contribution in [0.4, 0.5) is 0 Å². The van der Waals surface area contributed by atoms with Crippen LogP contribution in [0.5, 0.6) is 0 Å². The molecule has 0 amide bonds. The summed E-state index contributed by atoms with van der Waals surface area (Å²) in [6.45, 7) is 2.24. The molecular weight excluding hydrogens is 172 g/mol. The number of fused-ring (bicyclic) bond motifs is 3. The van der Waals surface area contributed by atoms with Crippen molar-refractivity contribution in [1.82, 2.24) is 0 Å². The van der Waals surface area contributed by atoms with Crippen molar-refractivity contribution in [1.29, 1.82) is 0 Å². The highest BCUT2D eigenvalue weighted by Crippen LogP contribution is 2.32. The number of benzene rings is 1. The molecule has 1 heterocycles. The molecule has 0 spiro atoms. The Morgan fingerprint density at radius 1 is 1.29 bits per heavy atom. The van der Waals surface area contributed by atoms with E-state index in [4.69, 9.17) is 4.42 Å². The van der Waals surface area contributed by atoms with Crippen LogP contribution in [-0.4, -0.2) is 0 Å². The monoisotopic (exact) mass is 184 g/mol. The predicted molar refractivity (Wildman–Crippen MR) is 58.1 cm³/mol. The summed E-state index contributed by atoms with van der Waals surface area (Å²) < 4.78 is 5.75. The molecule has 1 aliphatic rings. The fourth-order valence-corrected chi connectivity index (χ4v) is 2.10. The number of hydrogen-bond acceptors (Lipinski definition) is 1. The number of furan rings is 1. The van der Waals surface area contributed by atoms with E-state index in [0.29, 0.717) is 5.92 Å². The molecule has 2 aromatic rings. The van der Waals surface area contributed by atoms with E-state index in [2.05, 4.69) is 31.2 Å². The van der Waals surface area contributed by atoms with Gasteiger partial charge in [0.05, 0.1) is 0 Å². The average molecular weight is 184 g/mol. The van der Waals surface area contributed by atoms with Gasteiger partial charge in [0.2, 0.25) is 0 Å². The Balaban J connectivity index is 2.32. The number of allylic oxidation sites excluding steroid dienone is 1. The van der Waals surface area contributed by atoms with Gasteiger partial charge in [0, 0.05) is 10.9 Å². The second-order valence-corrected chi connectivity index (χ2v) is 3.98. The molecule has 1 heteroatoms. The fourth-order valence-electron chi connectivity index (χ4n) is 2.10. The van der Waals surface area contributed by atoms with Crippen LogP contribution < -0.4 is 0 Å². The molecule has 1 atom stereocenters. The van der Waals surface area contributed by atoms with Crippen molar-refractivity contribution >= 4 is 17.0 Å². The van der Waals surface area contributed by atoms with Gasteiger partial charge in [-0.15, -0.1) is 0 Å². The molecule has 0 bridgehead atoms. The third-order valence-corrected chi connectivity index (χ3v) is 2.83. The maximum atomic E-state index is 5.75. The summed E-state index contributed by atoms with van der Waals surface area (Å²) in [5, 5.41) is 1.28. The number of rotatable bonds is 0. The Morgan fingerprint density at radius 2 is 2.14 bits per heavy atom. The first-order valence-corrected chi connectivity index (χ1v) is 5.03. The topological polar surface area (TPSA) is 13.1 Å². The smallest absolute Gasteiger partial charge is 0.135 e. The van der Waals surface area contributed by atoms with E-state index in [1.54, 1.807) is 0 Å². The van der Waals surface area contributed by atoms with Crippen LogP contribution in [0, 0.1) is 5.92 Å². The molecule has 0 N–H and O–H groups in total. The lowest BCUT2D eigenvalue weighted by Gasteiger charge is -2.10. The quantitative estimate of drug-likeness (QED) is 0.609. The number of hydrogen-bond donors (Lipinski definition) is 0. The summed E-state index contributed by atoms with van der Waals surface area (Å²) >= 11 is 0. The lowest BCUT2D eigenvalue weighted by Crippen LogP contribution is -2.00. The lowest BCUT2D eigenvalue weighted by atomic mass is 9.93. The maximum absolute atomic E-state index is 5.75. The van der Waals surface area contributed by atoms with Gasteiger partial charge in [-0.25, -0.2) is 0 Å². The fraction of sp³-hybridized carbons (Fsp3) is 0.231. The molecule has 0 saturated carbocycles. The molecule has 1 aromatic heterocycles. The summed E-state index contributed by atoms with van der Waals surface area (Å²) in [5.74, 6) is 1.67. The molecule has 1 aromatic carbocycles. The van der Waals surface area contributed by atoms with Gasteiger partial charge >= 0.3 is 0 Å². The molecule has 1 nitrogen and oxygen atoms in total. The first-order valence-electron chi connectivity index (χ1n) is 5.03. The molecular formula is C13H12O. The highest BCUT2D eigenvalue weighted by molar-refractivity contribution is 5.85. The van der Waals surface area contributed by atoms with E-state index in [0.717, 1.165) is 17.8 Å². The van der Waals surface area contributed by atoms with Gasteiger partial charge in [-0.05, 0) is 24.5 Å². The van der Waals surface area contributed by atoms with Gasteiger partial charge in [0.25, 0.3) is 0 Å². The second kappa shape index (κ2) is 2.74. The van der Waals surface area contributed by atoms with Crippen molar-refractivity contribution in [2.45, 2.75) is 13.3 Å². The van der Waals surface area contributed by atoms with Crippen molar-refractivity contribution in [3.05, 3.63) is 41.7 Å². The third-order valence-electron chi connectivity index (χ3n) is 2.83. The standard InChI is InChI=1S/C13H12O/c1-9-6-7-13-11(8-9)10-4-2-3-5-12(10)14-13/h2-7,9H,8H2,1H3/t9-/m1/s1. The van der Waals surface area contributed by atoms with E-state index in [1.807, 2.05) is 12.1 Å². The zero-order valence-electron chi connectivity index (χ0n) is 8.16. The Kier molecular flexibility index (Phi) is 1.54. The zero-order valence-corrected chi connectivity index (χ0v) is 8.16. The van der Waals surface area contributed by atoms with Gasteiger partial charge in [-0.1, -0.05) is 31.2 Å². The van der Waals surface area contributed by atoms with Crippen molar-refractivity contribution in [3.63, 3.8) is 0 Å². The van der Waals surface area contributed by atoms with Crippen molar-refractivity contribution < 1.29 is 4.42 Å². The van der Waals surface area contributed by atoms with Gasteiger partial charge in [-0.2, -0.15) is 0 Å². The van der Waals surface area contributed by atoms with Crippen LogP contribution >= 0.6 is 0 Å². The van der Waals surface area contributed by atoms with Gasteiger partial charge in [-0.3, -0.25) is 0 Å². The van der Waals surface area contributed by atoms with Crippen LogP contribution in [-0.2, 0) is 6.42 Å². The average Bonchev–Trinajstić information content (AvgIpc) is 2.56. The van der Waals surface area contributed by atoms with E-state index < -0.39 is 0 Å². The van der Waals surface area contributed by atoms with Crippen LogP contribution in [0.3, 0.4) is 0 Å². The number of para-hydroxylation sites is 1. The highest BCUT2D eigenvalue weighted by Gasteiger charge is 2.16. The largest absolute Gasteiger partial charge is 0.456 e. The minimum absolute atomic E-state index is 0.628. The van der Waals surface area contributed by atoms with Crippen molar-refractivity contribution in [2.24, 2.45) is 5.92 Å². The highest BCUT2D eigenvalue weighted by atomic mass is 16.3. The molecule has 3 rings (SSSR count). The molecule has 0 fully saturated rings. The van der Waals surface area contributed by atoms with Crippen LogP contribution in [0.1, 0.15) is 18.2 Å². The van der Waals surface area contributed by atoms with Gasteiger partial charge < -0.3 is 4.42 Å². The third kappa shape index (κ3) is 1.02. The Labute approximate surface area is 83.0 Å². The van der Waals surface area contributed by atoms with E-state index in [-0.39, 0.29) is 0 Å². The van der Waals surface area contributed by atoms with Gasteiger partial charge in [0.1, 0.15) is 11.3 Å². The Hall–Kier alpha value is -1.50. The molecule has 0 radical (unpaired) electrons. The van der Waals surface area contributed by atoms with E-state index in [9.17, 15) is 0 Å². The normalized spacial score (nSPS) is 19.9. The van der Waals surface area contributed by atoms with Crippen molar-refractivity contribution in [2.75, 3.05) is 0 Å². The SMILES string of the molecule is C[C@@H]1C=Cc2oc3ccccc3c2C1. The molecule has 1 aliphatic carbocycles. The summed E-state index contributed by atoms with van der Waals surface area (Å²) in [4.78, 5) is 0. The Bertz CT molecular complexity index is 505. The first-order chi connectivity index (χ1) is 6.84. The molecule has 0 unspecified atom stereocenters. The van der Waals surface area contributed by atoms with Crippen LogP contribution in [0.25, 0.3) is 17.0 Å². The minimum Gasteiger partial charge on any atom is -0.456 e. The van der Waals surface area contributed by atoms with Crippen LogP contribution in [0.2, 0.25) is 0 Å². The Morgan fingerprint density at radius 3 is 3.07 bits per heavy atom. The first kappa shape index (κ1) is 7.86. The zero-order chi connectivity index (χ0) is 9.54. The lowest BCUT2D eigenvalue weighted by molar-refractivity contribution is 0.584. The van der Waals surface area contributed by atoms with Gasteiger partial charge in [0.15, 0.2) is 0 Å². The van der Waals surface area contributed by atoms with Crippen LogP contribution in [0.15, 0.2) is 34.8 Å². The summed E-state index contributed by atoms with van der Waals surface area (Å²) in [6.07, 6.45) is 5.41. The molecule has 0 aliphatic heterocycles. The second-order valence-electron chi connectivity index (χ2n) is 3.98.